The molecule has 1 unspecified atom stereocenters. The van der Waals surface area contributed by atoms with Crippen molar-refractivity contribution in [2.24, 2.45) is 0 Å². The van der Waals surface area contributed by atoms with Crippen molar-refractivity contribution in [3.05, 3.63) is 42.5 Å². The van der Waals surface area contributed by atoms with Crippen LogP contribution in [0, 0.1) is 0 Å². The first kappa shape index (κ1) is 17.5. The van der Waals surface area contributed by atoms with E-state index < -0.39 is 0 Å². The summed E-state index contributed by atoms with van der Waals surface area (Å²) in [6.45, 7) is 3.02. The molecule has 132 valence electrons. The zero-order valence-corrected chi connectivity index (χ0v) is 15.4. The highest BCUT2D eigenvalue weighted by Gasteiger charge is 2.17. The second-order valence-corrected chi connectivity index (χ2v) is 7.41. The lowest BCUT2D eigenvalue weighted by atomic mass is 10.2. The van der Waals surface area contributed by atoms with E-state index in [9.17, 15) is 4.79 Å². The first-order valence-electron chi connectivity index (χ1n) is 8.17. The Hall–Kier alpha value is -2.34. The van der Waals surface area contributed by atoms with Gasteiger partial charge in [-0.3, -0.25) is 4.79 Å². The molecule has 0 radical (unpaired) electrons. The Morgan fingerprint density at radius 2 is 1.76 bits per heavy atom. The number of hydrogen-bond donors (Lipinski definition) is 1. The van der Waals surface area contributed by atoms with Crippen molar-refractivity contribution < 1.29 is 14.3 Å². The normalized spacial score (nSPS) is 13.9. The van der Waals surface area contributed by atoms with Crippen molar-refractivity contribution in [3.63, 3.8) is 0 Å². The molecule has 6 heteroatoms. The third-order valence-corrected chi connectivity index (χ3v) is 4.94. The van der Waals surface area contributed by atoms with Gasteiger partial charge in [0.15, 0.2) is 11.5 Å². The van der Waals surface area contributed by atoms with E-state index in [0.29, 0.717) is 13.2 Å². The van der Waals surface area contributed by atoms with Crippen molar-refractivity contribution in [2.75, 3.05) is 37.5 Å². The lowest BCUT2D eigenvalue weighted by Crippen LogP contribution is -2.22. The fraction of sp³-hybridized carbons (Fsp3) is 0.316. The predicted molar refractivity (Wildman–Crippen MR) is 102 cm³/mol. The minimum absolute atomic E-state index is 0.0301. The molecule has 3 rings (SSSR count). The van der Waals surface area contributed by atoms with Crippen molar-refractivity contribution in [1.29, 1.82) is 0 Å². The number of fused-ring (bicyclic) bond motifs is 1. The van der Waals surface area contributed by atoms with Gasteiger partial charge in [0.05, 0.1) is 5.25 Å². The maximum atomic E-state index is 12.4. The number of benzene rings is 2. The van der Waals surface area contributed by atoms with Gasteiger partial charge in [-0.05, 0) is 49.4 Å². The van der Waals surface area contributed by atoms with Crippen molar-refractivity contribution in [3.8, 4) is 11.5 Å². The van der Waals surface area contributed by atoms with E-state index in [1.165, 1.54) is 11.8 Å². The molecule has 0 aliphatic carbocycles. The van der Waals surface area contributed by atoms with Crippen molar-refractivity contribution in [2.45, 2.75) is 17.1 Å². The third kappa shape index (κ3) is 4.39. The maximum absolute atomic E-state index is 12.4. The maximum Gasteiger partial charge on any atom is 0.237 e. The Balaban J connectivity index is 1.60. The molecule has 1 aliphatic heterocycles. The van der Waals surface area contributed by atoms with Crippen LogP contribution in [0.15, 0.2) is 47.4 Å². The SMILES string of the molecule is CC(Sc1ccc2c(c1)OCCO2)C(=O)Nc1ccc(N(C)C)cc1. The second-order valence-electron chi connectivity index (χ2n) is 6.00. The predicted octanol–water partition coefficient (Wildman–Crippen LogP) is 3.64. The molecule has 0 spiro atoms. The van der Waals surface area contributed by atoms with Gasteiger partial charge in [-0.2, -0.15) is 0 Å². The van der Waals surface area contributed by atoms with E-state index in [2.05, 4.69) is 5.32 Å². The summed E-state index contributed by atoms with van der Waals surface area (Å²) in [5, 5.41) is 2.73. The summed E-state index contributed by atoms with van der Waals surface area (Å²) < 4.78 is 11.1. The minimum Gasteiger partial charge on any atom is -0.486 e. The number of anilines is 2. The van der Waals surface area contributed by atoms with Crippen LogP contribution in [-0.2, 0) is 4.79 Å². The molecule has 2 aromatic rings. The van der Waals surface area contributed by atoms with Gasteiger partial charge in [0.1, 0.15) is 13.2 Å². The van der Waals surface area contributed by atoms with Crippen molar-refractivity contribution >= 4 is 29.0 Å². The second kappa shape index (κ2) is 7.70. The van der Waals surface area contributed by atoms with E-state index in [1.807, 2.05) is 68.4 Å². The van der Waals surface area contributed by atoms with Crippen molar-refractivity contribution in [1.82, 2.24) is 0 Å². The zero-order chi connectivity index (χ0) is 17.8. The number of rotatable bonds is 5. The molecule has 0 saturated carbocycles. The highest BCUT2D eigenvalue weighted by atomic mass is 32.2. The largest absolute Gasteiger partial charge is 0.486 e. The fourth-order valence-corrected chi connectivity index (χ4v) is 3.34. The van der Waals surface area contributed by atoms with E-state index in [4.69, 9.17) is 9.47 Å². The molecule has 0 saturated heterocycles. The van der Waals surface area contributed by atoms with Gasteiger partial charge >= 0.3 is 0 Å². The molecule has 0 aromatic heterocycles. The van der Waals surface area contributed by atoms with Gasteiger partial charge in [-0.25, -0.2) is 0 Å². The van der Waals surface area contributed by atoms with Gasteiger partial charge < -0.3 is 19.7 Å². The summed E-state index contributed by atoms with van der Waals surface area (Å²) in [5.41, 5.74) is 1.89. The van der Waals surface area contributed by atoms with Crippen LogP contribution in [0.2, 0.25) is 0 Å². The van der Waals surface area contributed by atoms with E-state index >= 15 is 0 Å². The summed E-state index contributed by atoms with van der Waals surface area (Å²) in [7, 11) is 3.97. The molecule has 0 bridgehead atoms. The van der Waals surface area contributed by atoms with Crippen LogP contribution < -0.4 is 19.7 Å². The first-order valence-corrected chi connectivity index (χ1v) is 9.05. The molecule has 1 aliphatic rings. The van der Waals surface area contributed by atoms with Gasteiger partial charge in [0.25, 0.3) is 0 Å². The Kier molecular flexibility index (Phi) is 5.38. The molecular weight excluding hydrogens is 336 g/mol. The van der Waals surface area contributed by atoms with Gasteiger partial charge in [0.2, 0.25) is 5.91 Å². The van der Waals surface area contributed by atoms with Crippen LogP contribution in [0.4, 0.5) is 11.4 Å². The van der Waals surface area contributed by atoms with E-state index in [0.717, 1.165) is 27.8 Å². The summed E-state index contributed by atoms with van der Waals surface area (Å²) in [4.78, 5) is 15.4. The molecule has 25 heavy (non-hydrogen) atoms. The molecule has 5 nitrogen and oxygen atoms in total. The minimum atomic E-state index is -0.226. The smallest absolute Gasteiger partial charge is 0.237 e. The number of thioether (sulfide) groups is 1. The molecule has 2 aromatic carbocycles. The lowest BCUT2D eigenvalue weighted by molar-refractivity contribution is -0.115. The molecular formula is C19H22N2O3S. The average molecular weight is 358 g/mol. The zero-order valence-electron chi connectivity index (χ0n) is 14.6. The van der Waals surface area contributed by atoms with Gasteiger partial charge in [-0.15, -0.1) is 11.8 Å². The highest BCUT2D eigenvalue weighted by molar-refractivity contribution is 8.00. The number of carbonyl (C=O) groups is 1. The number of nitrogens with zero attached hydrogens (tertiary/aromatic N) is 1. The molecule has 1 amide bonds. The Labute approximate surface area is 152 Å². The van der Waals surface area contributed by atoms with E-state index in [1.54, 1.807) is 0 Å². The Morgan fingerprint density at radius 3 is 2.44 bits per heavy atom. The van der Waals surface area contributed by atoms with Crippen LogP contribution in [-0.4, -0.2) is 38.5 Å². The number of nitrogens with one attached hydrogen (secondary N) is 1. The Morgan fingerprint density at radius 1 is 1.08 bits per heavy atom. The third-order valence-electron chi connectivity index (χ3n) is 3.85. The molecule has 1 heterocycles. The number of carbonyl (C=O) groups excluding carboxylic acids is 1. The van der Waals surface area contributed by atoms with Crippen LogP contribution in [0.25, 0.3) is 0 Å². The Bertz CT molecular complexity index is 747. The van der Waals surface area contributed by atoms with Crippen LogP contribution >= 0.6 is 11.8 Å². The summed E-state index contributed by atoms with van der Waals surface area (Å²) in [6.07, 6.45) is 0. The monoisotopic (exact) mass is 358 g/mol. The van der Waals surface area contributed by atoms with Gasteiger partial charge in [-0.1, -0.05) is 0 Å². The quantitative estimate of drug-likeness (QED) is 0.827. The lowest BCUT2D eigenvalue weighted by Gasteiger charge is -2.19. The number of hydrogen-bond acceptors (Lipinski definition) is 5. The van der Waals surface area contributed by atoms with Crippen LogP contribution in [0.1, 0.15) is 6.92 Å². The topological polar surface area (TPSA) is 50.8 Å². The fourth-order valence-electron chi connectivity index (χ4n) is 2.44. The van der Waals surface area contributed by atoms with Crippen LogP contribution in [0.3, 0.4) is 0 Å². The first-order chi connectivity index (χ1) is 12.0. The number of ether oxygens (including phenoxy) is 2. The summed E-state index contributed by atoms with van der Waals surface area (Å²) in [5.74, 6) is 1.47. The average Bonchev–Trinajstić information content (AvgIpc) is 2.62. The van der Waals surface area contributed by atoms with Crippen LogP contribution in [0.5, 0.6) is 11.5 Å². The summed E-state index contributed by atoms with van der Waals surface area (Å²) >= 11 is 1.50. The molecule has 0 fully saturated rings. The molecule has 1 N–H and O–H groups in total. The number of amides is 1. The van der Waals surface area contributed by atoms with Gasteiger partial charge in [0, 0.05) is 30.4 Å². The van der Waals surface area contributed by atoms with E-state index in [-0.39, 0.29) is 11.2 Å². The highest BCUT2D eigenvalue weighted by Crippen LogP contribution is 2.35. The standard InChI is InChI=1S/C19H22N2O3S/c1-13(19(22)20-14-4-6-15(7-5-14)21(2)3)25-16-8-9-17-18(12-16)24-11-10-23-17/h4-9,12-13H,10-11H2,1-3H3,(H,20,22). The molecule has 1 atom stereocenters. The summed E-state index contributed by atoms with van der Waals surface area (Å²) in [6, 6.07) is 13.6.